The molecule has 0 aliphatic heterocycles. The van der Waals surface area contributed by atoms with E-state index in [0.29, 0.717) is 22.6 Å². The molecule has 0 heterocycles. The van der Waals surface area contributed by atoms with E-state index in [4.69, 9.17) is 22.5 Å². The molecule has 26 heavy (non-hydrogen) atoms. The van der Waals surface area contributed by atoms with Crippen LogP contribution in [0.3, 0.4) is 0 Å². The van der Waals surface area contributed by atoms with Gasteiger partial charge >= 0.3 is 0 Å². The molecule has 144 valence electrons. The minimum absolute atomic E-state index is 0. The molecule has 2 aromatic carbocycles. The Balaban J connectivity index is 0.00000338. The summed E-state index contributed by atoms with van der Waals surface area (Å²) in [7, 11) is -4.05. The van der Waals surface area contributed by atoms with Gasteiger partial charge in [-0.05, 0) is 34.2 Å². The molecule has 0 atom stereocenters. The summed E-state index contributed by atoms with van der Waals surface area (Å²) >= 11 is 6.21. The molecule has 0 aliphatic rings. The van der Waals surface area contributed by atoms with Crippen LogP contribution in [-0.4, -0.2) is 13.5 Å². The summed E-state index contributed by atoms with van der Waals surface area (Å²) < 4.78 is 24.3. The lowest BCUT2D eigenvalue weighted by molar-refractivity contribution is 0.455. The summed E-state index contributed by atoms with van der Waals surface area (Å²) in [5, 5.41) is 16.6. The highest BCUT2D eigenvalue weighted by molar-refractivity contribution is 7.89. The zero-order valence-electron chi connectivity index (χ0n) is 14.9. The van der Waals surface area contributed by atoms with Crippen molar-refractivity contribution >= 4 is 34.0 Å². The fraction of sp³-hybridized carbons (Fsp3) is 0.333. The molecule has 0 radical (unpaired) electrons. The fourth-order valence-corrected chi connectivity index (χ4v) is 4.22. The molecule has 8 heteroatoms. The number of hydrogen-bond donors (Lipinski definition) is 3. The van der Waals surface area contributed by atoms with Crippen molar-refractivity contribution in [3.05, 3.63) is 57.6 Å². The zero-order chi connectivity index (χ0) is 19.0. The van der Waals surface area contributed by atoms with Gasteiger partial charge in [0.15, 0.2) is 0 Å². The molecule has 0 spiro atoms. The number of primary sulfonamides is 1. The SMILES string of the molecule is CC(C)(C)c1cc(Cc2ccccc2Cl)c(O)c(CN)c1S(N)(=O)=O.Cl. The van der Waals surface area contributed by atoms with Crippen LogP contribution in [0.2, 0.25) is 5.02 Å². The van der Waals surface area contributed by atoms with Gasteiger partial charge in [-0.15, -0.1) is 12.4 Å². The van der Waals surface area contributed by atoms with E-state index in [1.807, 2.05) is 39.0 Å². The van der Waals surface area contributed by atoms with Crippen LogP contribution >= 0.6 is 24.0 Å². The van der Waals surface area contributed by atoms with Gasteiger partial charge in [0, 0.05) is 23.6 Å². The maximum Gasteiger partial charge on any atom is 0.238 e. The van der Waals surface area contributed by atoms with Crippen LogP contribution in [0.15, 0.2) is 35.2 Å². The van der Waals surface area contributed by atoms with Gasteiger partial charge in [0.05, 0.1) is 4.90 Å². The summed E-state index contributed by atoms with van der Waals surface area (Å²) in [5.41, 5.74) is 7.29. The number of phenols is 1. The second-order valence-electron chi connectivity index (χ2n) is 7.01. The first-order valence-corrected chi connectivity index (χ1v) is 9.73. The van der Waals surface area contributed by atoms with Crippen LogP contribution in [0.5, 0.6) is 5.75 Å². The second-order valence-corrected chi connectivity index (χ2v) is 8.91. The fourth-order valence-electron chi connectivity index (χ4n) is 2.83. The molecule has 2 aromatic rings. The molecular weight excluding hydrogens is 395 g/mol. The minimum atomic E-state index is -4.05. The molecular formula is C18H24Cl2N2O3S. The summed E-state index contributed by atoms with van der Waals surface area (Å²) in [6, 6.07) is 8.97. The zero-order valence-corrected chi connectivity index (χ0v) is 17.3. The predicted octanol–water partition coefficient (Wildman–Crippen LogP) is 3.46. The average molecular weight is 419 g/mol. The van der Waals surface area contributed by atoms with Gasteiger partial charge in [-0.2, -0.15) is 0 Å². The number of hydrogen-bond acceptors (Lipinski definition) is 4. The lowest BCUT2D eigenvalue weighted by Crippen LogP contribution is -2.24. The molecule has 0 bridgehead atoms. The molecule has 0 unspecified atom stereocenters. The molecule has 0 saturated carbocycles. The standard InChI is InChI=1S/C18H23ClN2O3S.ClH/c1-18(2,3)14-9-12(8-11-6-4-5-7-15(11)19)16(22)13(10-20)17(14)25(21,23)24;/h4-7,9,22H,8,10,20H2,1-3H3,(H2,21,23,24);1H. The topological polar surface area (TPSA) is 106 Å². The third-order valence-electron chi connectivity index (χ3n) is 4.06. The van der Waals surface area contributed by atoms with E-state index in [1.54, 1.807) is 12.1 Å². The molecule has 0 aliphatic carbocycles. The van der Waals surface area contributed by atoms with Crippen molar-refractivity contribution in [3.63, 3.8) is 0 Å². The third kappa shape index (κ3) is 4.69. The molecule has 0 amide bonds. The summed E-state index contributed by atoms with van der Waals surface area (Å²) in [5.74, 6) is -0.153. The van der Waals surface area contributed by atoms with E-state index in [9.17, 15) is 13.5 Å². The Morgan fingerprint density at radius 3 is 2.19 bits per heavy atom. The smallest absolute Gasteiger partial charge is 0.238 e. The van der Waals surface area contributed by atoms with Gasteiger partial charge in [-0.25, -0.2) is 13.6 Å². The maximum absolute atomic E-state index is 12.1. The predicted molar refractivity (Wildman–Crippen MR) is 108 cm³/mol. The Labute approximate surface area is 165 Å². The quantitative estimate of drug-likeness (QED) is 0.706. The highest BCUT2D eigenvalue weighted by Gasteiger charge is 2.30. The molecule has 5 N–H and O–H groups in total. The number of aromatic hydroxyl groups is 1. The van der Waals surface area contributed by atoms with Crippen molar-refractivity contribution in [3.8, 4) is 5.75 Å². The van der Waals surface area contributed by atoms with Crippen molar-refractivity contribution in [1.29, 1.82) is 0 Å². The Bertz CT molecular complexity index is 907. The van der Waals surface area contributed by atoms with Gasteiger partial charge in [-0.1, -0.05) is 50.6 Å². The first-order valence-electron chi connectivity index (χ1n) is 7.81. The van der Waals surface area contributed by atoms with E-state index >= 15 is 0 Å². The van der Waals surface area contributed by atoms with E-state index < -0.39 is 15.4 Å². The second kappa shape index (κ2) is 8.15. The van der Waals surface area contributed by atoms with Crippen molar-refractivity contribution in [2.75, 3.05) is 0 Å². The highest BCUT2D eigenvalue weighted by atomic mass is 35.5. The van der Waals surface area contributed by atoms with Gasteiger partial charge < -0.3 is 10.8 Å². The van der Waals surface area contributed by atoms with Crippen LogP contribution in [-0.2, 0) is 28.4 Å². The summed E-state index contributed by atoms with van der Waals surface area (Å²) in [6.07, 6.45) is 0.354. The van der Waals surface area contributed by atoms with Crippen LogP contribution in [0.4, 0.5) is 0 Å². The van der Waals surface area contributed by atoms with E-state index in [-0.39, 0.29) is 35.2 Å². The molecule has 0 aromatic heterocycles. The average Bonchev–Trinajstić information content (AvgIpc) is 2.48. The van der Waals surface area contributed by atoms with Crippen molar-refractivity contribution < 1.29 is 13.5 Å². The first-order chi connectivity index (χ1) is 11.5. The van der Waals surface area contributed by atoms with Crippen LogP contribution in [0, 0.1) is 0 Å². The monoisotopic (exact) mass is 418 g/mol. The Kier molecular flexibility index (Phi) is 7.12. The third-order valence-corrected chi connectivity index (χ3v) is 5.47. The van der Waals surface area contributed by atoms with Gasteiger partial charge in [-0.3, -0.25) is 0 Å². The number of nitrogens with two attached hydrogens (primary N) is 2. The number of halogens is 2. The van der Waals surface area contributed by atoms with Gasteiger partial charge in [0.2, 0.25) is 10.0 Å². The van der Waals surface area contributed by atoms with Gasteiger partial charge in [0.1, 0.15) is 5.75 Å². The summed E-state index contributed by atoms with van der Waals surface area (Å²) in [4.78, 5) is -0.0945. The van der Waals surface area contributed by atoms with Crippen molar-refractivity contribution in [1.82, 2.24) is 0 Å². The summed E-state index contributed by atoms with van der Waals surface area (Å²) in [6.45, 7) is 5.51. The molecule has 5 nitrogen and oxygen atoms in total. The maximum atomic E-state index is 12.1. The van der Waals surface area contributed by atoms with Gasteiger partial charge in [0.25, 0.3) is 0 Å². The molecule has 2 rings (SSSR count). The van der Waals surface area contributed by atoms with Crippen molar-refractivity contribution in [2.24, 2.45) is 10.9 Å². The van der Waals surface area contributed by atoms with E-state index in [2.05, 4.69) is 0 Å². The lowest BCUT2D eigenvalue weighted by atomic mass is 9.83. The minimum Gasteiger partial charge on any atom is -0.507 e. The lowest BCUT2D eigenvalue weighted by Gasteiger charge is -2.26. The number of sulfonamides is 1. The van der Waals surface area contributed by atoms with Crippen LogP contribution < -0.4 is 10.9 Å². The Hall–Kier alpha value is -1.31. The number of rotatable bonds is 4. The highest BCUT2D eigenvalue weighted by Crippen LogP contribution is 2.38. The van der Waals surface area contributed by atoms with E-state index in [0.717, 1.165) is 5.56 Å². The van der Waals surface area contributed by atoms with E-state index in [1.165, 1.54) is 0 Å². The van der Waals surface area contributed by atoms with Crippen LogP contribution in [0.25, 0.3) is 0 Å². The Morgan fingerprint density at radius 2 is 1.73 bits per heavy atom. The normalized spacial score (nSPS) is 11.9. The Morgan fingerprint density at radius 1 is 1.15 bits per heavy atom. The molecule has 0 saturated heterocycles. The number of benzene rings is 2. The van der Waals surface area contributed by atoms with Crippen LogP contribution in [0.1, 0.15) is 43.0 Å². The van der Waals surface area contributed by atoms with Crippen molar-refractivity contribution in [2.45, 2.75) is 44.0 Å². The first kappa shape index (κ1) is 22.7. The number of phenolic OH excluding ortho intramolecular Hbond substituents is 1. The largest absolute Gasteiger partial charge is 0.507 e. The molecule has 0 fully saturated rings.